The molecule has 80 valence electrons. The van der Waals surface area contributed by atoms with Crippen LogP contribution in [0.5, 0.6) is 0 Å². The molecular weight excluding hydrogens is 196 g/mol. The van der Waals surface area contributed by atoms with Gasteiger partial charge in [-0.3, -0.25) is 4.79 Å². The number of pyridine rings is 1. The lowest BCUT2D eigenvalue weighted by Crippen LogP contribution is -2.36. The maximum absolute atomic E-state index is 11.2. The summed E-state index contributed by atoms with van der Waals surface area (Å²) in [4.78, 5) is 25.5. The minimum Gasteiger partial charge on any atom is -0.352 e. The van der Waals surface area contributed by atoms with E-state index in [2.05, 4.69) is 15.6 Å². The van der Waals surface area contributed by atoms with Gasteiger partial charge >= 0.3 is 6.03 Å². The fourth-order valence-electron chi connectivity index (χ4n) is 0.959. The van der Waals surface area contributed by atoms with E-state index >= 15 is 0 Å². The van der Waals surface area contributed by atoms with Gasteiger partial charge in [-0.2, -0.15) is 0 Å². The molecule has 1 heterocycles. The molecule has 0 radical (unpaired) electrons. The van der Waals surface area contributed by atoms with Crippen LogP contribution in [0.15, 0.2) is 18.3 Å². The van der Waals surface area contributed by atoms with Crippen LogP contribution in [0.25, 0.3) is 0 Å². The van der Waals surface area contributed by atoms with Crippen molar-refractivity contribution in [3.63, 3.8) is 0 Å². The summed E-state index contributed by atoms with van der Waals surface area (Å²) in [5, 5.41) is 4.70. The molecule has 1 aromatic heterocycles. The normalized spacial score (nSPS) is 9.40. The molecule has 0 aliphatic carbocycles. The zero-order valence-electron chi connectivity index (χ0n) is 8.28. The highest BCUT2D eigenvalue weighted by Crippen LogP contribution is 2.04. The van der Waals surface area contributed by atoms with Crippen molar-refractivity contribution in [3.8, 4) is 0 Å². The van der Waals surface area contributed by atoms with E-state index in [9.17, 15) is 9.59 Å². The van der Waals surface area contributed by atoms with Crippen molar-refractivity contribution >= 4 is 17.8 Å². The summed E-state index contributed by atoms with van der Waals surface area (Å²) in [6.45, 7) is 1.73. The van der Waals surface area contributed by atoms with Crippen molar-refractivity contribution in [1.82, 2.24) is 10.3 Å². The van der Waals surface area contributed by atoms with Gasteiger partial charge in [0.2, 0.25) is 5.91 Å². The van der Waals surface area contributed by atoms with E-state index in [0.717, 1.165) is 5.56 Å². The molecule has 0 saturated carbocycles. The van der Waals surface area contributed by atoms with Gasteiger partial charge in [0, 0.05) is 6.20 Å². The van der Waals surface area contributed by atoms with Crippen LogP contribution in [-0.2, 0) is 4.79 Å². The first-order valence-electron chi connectivity index (χ1n) is 4.34. The molecule has 3 amide bonds. The Kier molecular flexibility index (Phi) is 3.61. The summed E-state index contributed by atoms with van der Waals surface area (Å²) in [6.07, 6.45) is 1.59. The minimum atomic E-state index is -0.734. The molecule has 1 rings (SSSR count). The maximum Gasteiger partial charge on any atom is 0.312 e. The Labute approximate surface area is 86.9 Å². The Morgan fingerprint density at radius 2 is 2.27 bits per heavy atom. The largest absolute Gasteiger partial charge is 0.352 e. The minimum absolute atomic E-state index is 0.162. The fraction of sp³-hybridized carbons (Fsp3) is 0.222. The third-order valence-electron chi connectivity index (χ3n) is 1.61. The van der Waals surface area contributed by atoms with E-state index in [1.807, 2.05) is 13.0 Å². The zero-order chi connectivity index (χ0) is 11.3. The molecular formula is C9H12N4O2. The number of nitrogens with one attached hydrogen (secondary N) is 2. The summed E-state index contributed by atoms with van der Waals surface area (Å²) in [7, 11) is 0. The molecule has 0 spiro atoms. The fourth-order valence-corrected chi connectivity index (χ4v) is 0.959. The van der Waals surface area contributed by atoms with Crippen molar-refractivity contribution in [1.29, 1.82) is 0 Å². The lowest BCUT2D eigenvalue weighted by Gasteiger charge is -2.04. The first-order chi connectivity index (χ1) is 7.08. The van der Waals surface area contributed by atoms with Crippen LogP contribution < -0.4 is 16.4 Å². The van der Waals surface area contributed by atoms with E-state index in [0.29, 0.717) is 5.82 Å². The van der Waals surface area contributed by atoms with Crippen molar-refractivity contribution in [2.75, 3.05) is 11.9 Å². The molecule has 6 nitrogen and oxygen atoms in total. The standard InChI is InChI=1S/C9H12N4O2/c1-6-2-3-11-7(4-6)13-8(14)5-12-9(10)15/h2-4H,5H2,1H3,(H3,10,12,15)(H,11,13,14). The summed E-state index contributed by atoms with van der Waals surface area (Å²) in [5.41, 5.74) is 5.80. The van der Waals surface area contributed by atoms with Gasteiger partial charge in [0.15, 0.2) is 0 Å². The molecule has 0 aliphatic rings. The molecule has 0 fully saturated rings. The smallest absolute Gasteiger partial charge is 0.312 e. The maximum atomic E-state index is 11.2. The molecule has 6 heteroatoms. The van der Waals surface area contributed by atoms with E-state index in [-0.39, 0.29) is 12.5 Å². The summed E-state index contributed by atoms with van der Waals surface area (Å²) in [5.74, 6) is 0.0816. The van der Waals surface area contributed by atoms with Gasteiger partial charge in [-0.25, -0.2) is 9.78 Å². The number of aryl methyl sites for hydroxylation is 1. The first-order valence-corrected chi connectivity index (χ1v) is 4.34. The number of nitrogens with zero attached hydrogens (tertiary/aromatic N) is 1. The first kappa shape index (κ1) is 11.0. The van der Waals surface area contributed by atoms with Gasteiger partial charge in [-0.05, 0) is 24.6 Å². The number of anilines is 1. The average molecular weight is 208 g/mol. The third-order valence-corrected chi connectivity index (χ3v) is 1.61. The highest BCUT2D eigenvalue weighted by Gasteiger charge is 2.03. The highest BCUT2D eigenvalue weighted by molar-refractivity contribution is 5.93. The average Bonchev–Trinajstić information content (AvgIpc) is 2.15. The zero-order valence-corrected chi connectivity index (χ0v) is 8.28. The van der Waals surface area contributed by atoms with Gasteiger partial charge in [-0.15, -0.1) is 0 Å². The van der Waals surface area contributed by atoms with Crippen LogP contribution in [0.1, 0.15) is 5.56 Å². The Bertz CT molecular complexity index is 378. The Morgan fingerprint density at radius 3 is 2.87 bits per heavy atom. The number of hydrogen-bond acceptors (Lipinski definition) is 3. The van der Waals surface area contributed by atoms with Crippen molar-refractivity contribution in [2.24, 2.45) is 5.73 Å². The second kappa shape index (κ2) is 4.94. The molecule has 0 aromatic carbocycles. The van der Waals surface area contributed by atoms with Crippen molar-refractivity contribution < 1.29 is 9.59 Å². The lowest BCUT2D eigenvalue weighted by atomic mass is 10.3. The third kappa shape index (κ3) is 4.08. The Morgan fingerprint density at radius 1 is 1.53 bits per heavy atom. The number of rotatable bonds is 3. The second-order valence-corrected chi connectivity index (χ2v) is 2.98. The van der Waals surface area contributed by atoms with Crippen molar-refractivity contribution in [2.45, 2.75) is 6.92 Å². The summed E-state index contributed by atoms with van der Waals surface area (Å²) >= 11 is 0. The quantitative estimate of drug-likeness (QED) is 0.652. The number of urea groups is 1. The Hall–Kier alpha value is -2.11. The van der Waals surface area contributed by atoms with E-state index in [1.165, 1.54) is 0 Å². The summed E-state index contributed by atoms with van der Waals surface area (Å²) < 4.78 is 0. The number of carbonyl (C=O) groups excluding carboxylic acids is 2. The van der Waals surface area contributed by atoms with E-state index in [4.69, 9.17) is 5.73 Å². The number of primary amides is 1. The molecule has 0 atom stereocenters. The topological polar surface area (TPSA) is 97.1 Å². The molecule has 4 N–H and O–H groups in total. The molecule has 0 aliphatic heterocycles. The van der Waals surface area contributed by atoms with Crippen LogP contribution >= 0.6 is 0 Å². The van der Waals surface area contributed by atoms with Crippen LogP contribution in [0.3, 0.4) is 0 Å². The predicted molar refractivity (Wildman–Crippen MR) is 55.2 cm³/mol. The molecule has 1 aromatic rings. The van der Waals surface area contributed by atoms with Crippen LogP contribution in [-0.4, -0.2) is 23.5 Å². The molecule has 0 bridgehead atoms. The molecule has 15 heavy (non-hydrogen) atoms. The number of aromatic nitrogens is 1. The van der Waals surface area contributed by atoms with E-state index in [1.54, 1.807) is 12.3 Å². The Balaban J connectivity index is 2.48. The van der Waals surface area contributed by atoms with Gasteiger partial charge < -0.3 is 16.4 Å². The van der Waals surface area contributed by atoms with Gasteiger partial charge in [0.1, 0.15) is 5.82 Å². The number of nitrogens with two attached hydrogens (primary N) is 1. The summed E-state index contributed by atoms with van der Waals surface area (Å²) in [6, 6.07) is 2.81. The van der Waals surface area contributed by atoms with Crippen LogP contribution in [0.4, 0.5) is 10.6 Å². The molecule has 0 unspecified atom stereocenters. The molecule has 0 saturated heterocycles. The number of amides is 3. The van der Waals surface area contributed by atoms with E-state index < -0.39 is 6.03 Å². The lowest BCUT2D eigenvalue weighted by molar-refractivity contribution is -0.115. The monoisotopic (exact) mass is 208 g/mol. The van der Waals surface area contributed by atoms with Crippen molar-refractivity contribution in [3.05, 3.63) is 23.9 Å². The van der Waals surface area contributed by atoms with Gasteiger partial charge in [-0.1, -0.05) is 0 Å². The highest BCUT2D eigenvalue weighted by atomic mass is 16.2. The van der Waals surface area contributed by atoms with Gasteiger partial charge in [0.25, 0.3) is 0 Å². The predicted octanol–water partition coefficient (Wildman–Crippen LogP) is -0.00318. The number of carbonyl (C=O) groups is 2. The van der Waals surface area contributed by atoms with Gasteiger partial charge in [0.05, 0.1) is 6.54 Å². The second-order valence-electron chi connectivity index (χ2n) is 2.98. The number of hydrogen-bond donors (Lipinski definition) is 3. The van der Waals surface area contributed by atoms with Crippen LogP contribution in [0.2, 0.25) is 0 Å². The SMILES string of the molecule is Cc1ccnc(NC(=O)CNC(N)=O)c1. The van der Waals surface area contributed by atoms with Crippen LogP contribution in [0, 0.1) is 6.92 Å².